The topological polar surface area (TPSA) is 110 Å². The third-order valence-electron chi connectivity index (χ3n) is 4.56. The summed E-state index contributed by atoms with van der Waals surface area (Å²) in [6, 6.07) is 13.8. The number of nitrogens with zero attached hydrogens (tertiary/aromatic N) is 1. The molecule has 1 amide bonds. The number of rotatable bonds is 6. The molecule has 1 aliphatic rings. The molecule has 0 unspecified atom stereocenters. The Bertz CT molecular complexity index is 974. The SMILES string of the molecule is Cc1ccc(S(=O)(=O)O[C@@H]2C[C@@H](C(=O)O)N(C(=O)OCc3ccccc3)C2)cc1. The lowest BCUT2D eigenvalue weighted by Crippen LogP contribution is -2.40. The second-order valence-corrected chi connectivity index (χ2v) is 8.34. The smallest absolute Gasteiger partial charge is 0.410 e. The van der Waals surface area contributed by atoms with E-state index in [1.807, 2.05) is 13.0 Å². The van der Waals surface area contributed by atoms with Crippen molar-refractivity contribution in [3.8, 4) is 0 Å². The molecule has 2 aromatic carbocycles. The highest BCUT2D eigenvalue weighted by atomic mass is 32.2. The second-order valence-electron chi connectivity index (χ2n) is 6.77. The molecule has 0 spiro atoms. The molecule has 2 aromatic rings. The van der Waals surface area contributed by atoms with Crippen molar-refractivity contribution >= 4 is 22.2 Å². The molecule has 154 valence electrons. The number of carbonyl (C=O) groups excluding carboxylic acids is 1. The number of hydrogen-bond acceptors (Lipinski definition) is 6. The number of carbonyl (C=O) groups is 2. The fraction of sp³-hybridized carbons (Fsp3) is 0.300. The molecule has 0 aromatic heterocycles. The fourth-order valence-corrected chi connectivity index (χ4v) is 4.12. The number of ether oxygens (including phenoxy) is 1. The van der Waals surface area contributed by atoms with E-state index in [1.165, 1.54) is 12.1 Å². The molecule has 0 saturated carbocycles. The van der Waals surface area contributed by atoms with E-state index in [0.717, 1.165) is 16.0 Å². The van der Waals surface area contributed by atoms with E-state index in [9.17, 15) is 23.1 Å². The van der Waals surface area contributed by atoms with Gasteiger partial charge in [-0.15, -0.1) is 0 Å². The van der Waals surface area contributed by atoms with Gasteiger partial charge in [0.1, 0.15) is 12.6 Å². The predicted octanol–water partition coefficient (Wildman–Crippen LogP) is 2.56. The summed E-state index contributed by atoms with van der Waals surface area (Å²) in [4.78, 5) is 24.9. The van der Waals surface area contributed by atoms with Crippen LogP contribution in [0.4, 0.5) is 4.79 Å². The van der Waals surface area contributed by atoms with Crippen LogP contribution < -0.4 is 0 Å². The van der Waals surface area contributed by atoms with Gasteiger partial charge in [0.15, 0.2) is 0 Å². The first-order chi connectivity index (χ1) is 13.8. The van der Waals surface area contributed by atoms with Crippen molar-refractivity contribution in [2.24, 2.45) is 0 Å². The van der Waals surface area contributed by atoms with Gasteiger partial charge < -0.3 is 9.84 Å². The minimum absolute atomic E-state index is 0.0182. The first-order valence-electron chi connectivity index (χ1n) is 8.96. The summed E-state index contributed by atoms with van der Waals surface area (Å²) in [7, 11) is -4.09. The summed E-state index contributed by atoms with van der Waals surface area (Å²) in [6.45, 7) is 1.61. The van der Waals surface area contributed by atoms with Crippen molar-refractivity contribution < 1.29 is 32.0 Å². The van der Waals surface area contributed by atoms with E-state index in [2.05, 4.69) is 0 Å². The average Bonchev–Trinajstić information content (AvgIpc) is 3.11. The van der Waals surface area contributed by atoms with Crippen molar-refractivity contribution in [2.75, 3.05) is 6.54 Å². The zero-order valence-corrected chi connectivity index (χ0v) is 16.5. The Labute approximate surface area is 168 Å². The van der Waals surface area contributed by atoms with Gasteiger partial charge in [-0.3, -0.25) is 9.08 Å². The highest BCUT2D eigenvalue weighted by Crippen LogP contribution is 2.26. The normalized spacial score (nSPS) is 19.1. The van der Waals surface area contributed by atoms with Gasteiger partial charge in [0.25, 0.3) is 10.1 Å². The number of benzene rings is 2. The van der Waals surface area contributed by atoms with E-state index >= 15 is 0 Å². The van der Waals surface area contributed by atoms with Crippen molar-refractivity contribution in [3.05, 3.63) is 65.7 Å². The minimum Gasteiger partial charge on any atom is -0.480 e. The van der Waals surface area contributed by atoms with Gasteiger partial charge in [-0.1, -0.05) is 48.0 Å². The lowest BCUT2D eigenvalue weighted by atomic mass is 10.2. The fourth-order valence-electron chi connectivity index (χ4n) is 3.04. The Morgan fingerprint density at radius 2 is 1.76 bits per heavy atom. The Morgan fingerprint density at radius 1 is 1.10 bits per heavy atom. The molecule has 1 saturated heterocycles. The first-order valence-corrected chi connectivity index (χ1v) is 10.4. The zero-order valence-electron chi connectivity index (χ0n) is 15.7. The Kier molecular flexibility index (Phi) is 6.19. The second kappa shape index (κ2) is 8.62. The molecular formula is C20H21NO7S. The Morgan fingerprint density at radius 3 is 2.38 bits per heavy atom. The predicted molar refractivity (Wildman–Crippen MR) is 103 cm³/mol. The molecule has 1 heterocycles. The Balaban J connectivity index is 1.67. The van der Waals surface area contributed by atoms with Crippen molar-refractivity contribution in [1.82, 2.24) is 4.90 Å². The highest BCUT2D eigenvalue weighted by Gasteiger charge is 2.43. The molecular weight excluding hydrogens is 398 g/mol. The van der Waals surface area contributed by atoms with Gasteiger partial charge in [-0.05, 0) is 24.6 Å². The number of amides is 1. The molecule has 1 aliphatic heterocycles. The van der Waals surface area contributed by atoms with Crippen LogP contribution in [0.2, 0.25) is 0 Å². The summed E-state index contributed by atoms with van der Waals surface area (Å²) in [6.07, 6.45) is -1.97. The number of carboxylic acid groups (broad SMARTS) is 1. The summed E-state index contributed by atoms with van der Waals surface area (Å²) in [5.74, 6) is -1.25. The maximum atomic E-state index is 12.5. The summed E-state index contributed by atoms with van der Waals surface area (Å²) in [5, 5.41) is 9.43. The third kappa shape index (κ3) is 5.12. The van der Waals surface area contributed by atoms with Crippen LogP contribution in [-0.4, -0.2) is 49.2 Å². The number of aryl methyl sites for hydroxylation is 1. The minimum atomic E-state index is -4.09. The molecule has 8 nitrogen and oxygen atoms in total. The van der Waals surface area contributed by atoms with Crippen LogP contribution in [0.3, 0.4) is 0 Å². The molecule has 0 aliphatic carbocycles. The monoisotopic (exact) mass is 419 g/mol. The average molecular weight is 419 g/mol. The number of carboxylic acids is 1. The maximum Gasteiger partial charge on any atom is 0.410 e. The van der Waals surface area contributed by atoms with Crippen LogP contribution >= 0.6 is 0 Å². The van der Waals surface area contributed by atoms with E-state index in [4.69, 9.17) is 8.92 Å². The van der Waals surface area contributed by atoms with E-state index in [0.29, 0.717) is 0 Å². The Hall–Kier alpha value is -2.91. The first kappa shape index (κ1) is 20.8. The number of aliphatic carboxylic acids is 1. The van der Waals surface area contributed by atoms with Crippen LogP contribution in [0.25, 0.3) is 0 Å². The molecule has 2 atom stereocenters. The number of hydrogen-bond donors (Lipinski definition) is 1. The van der Waals surface area contributed by atoms with Crippen LogP contribution in [0.5, 0.6) is 0 Å². The van der Waals surface area contributed by atoms with Crippen molar-refractivity contribution in [2.45, 2.75) is 37.0 Å². The largest absolute Gasteiger partial charge is 0.480 e. The summed E-state index contributed by atoms with van der Waals surface area (Å²) in [5.41, 5.74) is 1.64. The molecule has 0 radical (unpaired) electrons. The van der Waals surface area contributed by atoms with Gasteiger partial charge in [0.2, 0.25) is 0 Å². The molecule has 1 N–H and O–H groups in total. The van der Waals surface area contributed by atoms with E-state index < -0.39 is 34.3 Å². The van der Waals surface area contributed by atoms with Crippen molar-refractivity contribution in [1.29, 1.82) is 0 Å². The van der Waals surface area contributed by atoms with Gasteiger partial charge in [-0.2, -0.15) is 8.42 Å². The third-order valence-corrected chi connectivity index (χ3v) is 5.93. The van der Waals surface area contributed by atoms with Gasteiger partial charge in [-0.25, -0.2) is 9.59 Å². The zero-order chi connectivity index (χ0) is 21.0. The van der Waals surface area contributed by atoms with Gasteiger partial charge >= 0.3 is 12.1 Å². The van der Waals surface area contributed by atoms with E-state index in [-0.39, 0.29) is 24.5 Å². The molecule has 3 rings (SSSR count). The quantitative estimate of drug-likeness (QED) is 0.717. The van der Waals surface area contributed by atoms with Gasteiger partial charge in [0.05, 0.1) is 17.5 Å². The highest BCUT2D eigenvalue weighted by molar-refractivity contribution is 7.86. The van der Waals surface area contributed by atoms with Crippen LogP contribution in [0.1, 0.15) is 17.5 Å². The van der Waals surface area contributed by atoms with E-state index in [1.54, 1.807) is 36.4 Å². The molecule has 1 fully saturated rings. The summed E-state index contributed by atoms with van der Waals surface area (Å²) >= 11 is 0. The van der Waals surface area contributed by atoms with Gasteiger partial charge in [0, 0.05) is 6.42 Å². The molecule has 29 heavy (non-hydrogen) atoms. The standard InChI is InChI=1S/C20H21NO7S/c1-14-7-9-17(10-8-14)29(25,26)28-16-11-18(19(22)23)21(12-16)20(24)27-13-15-5-3-2-4-6-15/h2-10,16,18H,11-13H2,1H3,(H,22,23)/t16-,18+/m1/s1. The van der Waals surface area contributed by atoms with Crippen molar-refractivity contribution in [3.63, 3.8) is 0 Å². The molecule has 9 heteroatoms. The van der Waals surface area contributed by atoms with Crippen LogP contribution in [0, 0.1) is 6.92 Å². The number of likely N-dealkylation sites (tertiary alicyclic amines) is 1. The molecule has 0 bridgehead atoms. The lowest BCUT2D eigenvalue weighted by molar-refractivity contribution is -0.141. The maximum absolute atomic E-state index is 12.5. The van der Waals surface area contributed by atoms with Crippen LogP contribution in [-0.2, 0) is 30.4 Å². The van der Waals surface area contributed by atoms with Crippen LogP contribution in [0.15, 0.2) is 59.5 Å². The lowest BCUT2D eigenvalue weighted by Gasteiger charge is -2.20. The summed E-state index contributed by atoms with van der Waals surface area (Å²) < 4.78 is 35.3.